The predicted octanol–water partition coefficient (Wildman–Crippen LogP) is 8.69. The van der Waals surface area contributed by atoms with Crippen molar-refractivity contribution in [2.24, 2.45) is 20.5 Å². The average molecular weight is 757 g/mol. The van der Waals surface area contributed by atoms with Gasteiger partial charge in [0.25, 0.3) is 20.2 Å². The van der Waals surface area contributed by atoms with Gasteiger partial charge in [0, 0.05) is 22.1 Å². The molecule has 0 saturated carbocycles. The molecule has 53 heavy (non-hydrogen) atoms. The molecule has 0 aliphatic rings. The zero-order valence-electron chi connectivity index (χ0n) is 27.6. The first-order valence-electron chi connectivity index (χ1n) is 15.3. The Morgan fingerprint density at radius 3 is 1.42 bits per heavy atom. The third-order valence-corrected chi connectivity index (χ3v) is 9.54. The van der Waals surface area contributed by atoms with E-state index >= 15 is 0 Å². The molecule has 18 heteroatoms. The molecule has 0 atom stereocenters. The van der Waals surface area contributed by atoms with Crippen LogP contribution in [-0.4, -0.2) is 49.3 Å². The first kappa shape index (κ1) is 36.3. The number of hydrogen-bond acceptors (Lipinski definition) is 12. The van der Waals surface area contributed by atoms with Crippen LogP contribution in [-0.2, 0) is 20.2 Å². The van der Waals surface area contributed by atoms with Gasteiger partial charge >= 0.3 is 6.03 Å². The van der Waals surface area contributed by atoms with Gasteiger partial charge in [0.2, 0.25) is 0 Å². The summed E-state index contributed by atoms with van der Waals surface area (Å²) >= 11 is 0. The number of carbonyl (C=O) groups excluding carboxylic acids is 1. The maximum absolute atomic E-state index is 13.0. The summed E-state index contributed by atoms with van der Waals surface area (Å²) in [5.41, 5.74) is 0.968. The molecule has 0 bridgehead atoms. The molecule has 0 aliphatic heterocycles. The number of carbonyl (C=O) groups is 1. The Labute approximate surface area is 301 Å². The van der Waals surface area contributed by atoms with Gasteiger partial charge in [-0.25, -0.2) is 4.79 Å². The van der Waals surface area contributed by atoms with E-state index in [1.54, 1.807) is 48.5 Å². The molecule has 0 fully saturated rings. The molecule has 6 rings (SSSR count). The van der Waals surface area contributed by atoms with Crippen molar-refractivity contribution in [3.8, 4) is 17.2 Å². The smallest absolute Gasteiger partial charge is 0.323 e. The largest absolute Gasteiger partial charge is 0.505 e. The number of hydrogen-bond donors (Lipinski definition) is 6. The van der Waals surface area contributed by atoms with E-state index in [4.69, 9.17) is 4.74 Å². The standard InChI is InChI=1S/C35H28N6O10S2/c1-19-3-5-22(6-4-19)38-40-31-29(52(45,46)47)17-20-15-24(9-13-27(20)33(31)42)36-35(44)37-25-10-14-28-21(16-25)18-30(53(48,49)50)32(34(28)43)41-39-23-7-11-26(51-2)12-8-23/h3-18,42-43H,1-2H3,(H2,36,37,44)(H,45,46,47)(H,48,49,50). The zero-order valence-corrected chi connectivity index (χ0v) is 29.2. The SMILES string of the molecule is COc1ccc(N=Nc2c(S(=O)(=O)O)cc3cc(NC(=O)Nc4ccc5c(O)c(N=Nc6ccc(C)cc6)c(S(=O)(=O)O)cc5c4)ccc3c2O)cc1. The normalized spacial score (nSPS) is 12.2. The summed E-state index contributed by atoms with van der Waals surface area (Å²) in [6, 6.07) is 22.8. The number of ether oxygens (including phenoxy) is 1. The number of urea groups is 1. The molecule has 2 amide bonds. The molecule has 6 aromatic carbocycles. The maximum Gasteiger partial charge on any atom is 0.323 e. The van der Waals surface area contributed by atoms with E-state index in [1.165, 1.54) is 43.5 Å². The fourth-order valence-electron chi connectivity index (χ4n) is 5.21. The number of anilines is 2. The third kappa shape index (κ3) is 8.05. The Balaban J connectivity index is 1.26. The highest BCUT2D eigenvalue weighted by atomic mass is 32.2. The number of rotatable bonds is 9. The predicted molar refractivity (Wildman–Crippen MR) is 196 cm³/mol. The van der Waals surface area contributed by atoms with E-state index in [2.05, 4.69) is 31.1 Å². The van der Waals surface area contributed by atoms with Crippen LogP contribution in [0.5, 0.6) is 17.2 Å². The maximum atomic E-state index is 13.0. The molecule has 0 saturated heterocycles. The Hall–Kier alpha value is -6.47. The van der Waals surface area contributed by atoms with Gasteiger partial charge in [-0.15, -0.1) is 10.2 Å². The van der Waals surface area contributed by atoms with E-state index in [-0.39, 0.29) is 32.9 Å². The van der Waals surface area contributed by atoms with Gasteiger partial charge in [-0.05, 0) is 103 Å². The minimum atomic E-state index is -4.91. The van der Waals surface area contributed by atoms with E-state index in [1.807, 2.05) is 6.92 Å². The fourth-order valence-corrected chi connectivity index (χ4v) is 6.53. The number of nitrogens with one attached hydrogen (secondary N) is 2. The highest BCUT2D eigenvalue weighted by Gasteiger charge is 2.24. The van der Waals surface area contributed by atoms with Crippen molar-refractivity contribution < 1.29 is 45.7 Å². The van der Waals surface area contributed by atoms with Crippen molar-refractivity contribution in [3.63, 3.8) is 0 Å². The molecular weight excluding hydrogens is 729 g/mol. The number of phenols is 2. The van der Waals surface area contributed by atoms with Gasteiger partial charge in [-0.3, -0.25) is 9.11 Å². The average Bonchev–Trinajstić information content (AvgIpc) is 3.10. The topological polar surface area (TPSA) is 249 Å². The van der Waals surface area contributed by atoms with Gasteiger partial charge in [0.05, 0.1) is 18.5 Å². The molecule has 0 aromatic heterocycles. The quantitative estimate of drug-likeness (QED) is 0.0604. The van der Waals surface area contributed by atoms with Gasteiger partial charge in [0.1, 0.15) is 26.9 Å². The lowest BCUT2D eigenvalue weighted by Crippen LogP contribution is -2.19. The summed E-state index contributed by atoms with van der Waals surface area (Å²) in [6.07, 6.45) is 0. The van der Waals surface area contributed by atoms with Crippen molar-refractivity contribution in [1.29, 1.82) is 0 Å². The van der Waals surface area contributed by atoms with Crippen LogP contribution in [0.25, 0.3) is 21.5 Å². The van der Waals surface area contributed by atoms with E-state index in [0.29, 0.717) is 17.1 Å². The second-order valence-electron chi connectivity index (χ2n) is 11.5. The number of phenolic OH excluding ortho intramolecular Hbond substituents is 2. The monoisotopic (exact) mass is 756 g/mol. The van der Waals surface area contributed by atoms with Gasteiger partial charge in [-0.2, -0.15) is 27.1 Å². The Morgan fingerprint density at radius 2 is 1.02 bits per heavy atom. The third-order valence-electron chi connectivity index (χ3n) is 7.81. The van der Waals surface area contributed by atoms with Gasteiger partial charge in [0.15, 0.2) is 11.5 Å². The van der Waals surface area contributed by atoms with Gasteiger partial charge in [-0.1, -0.05) is 17.7 Å². The number of methoxy groups -OCH3 is 1. The fraction of sp³-hybridized carbons (Fsp3) is 0.0571. The number of fused-ring (bicyclic) bond motifs is 2. The zero-order chi connectivity index (χ0) is 38.1. The van der Waals surface area contributed by atoms with Crippen LogP contribution in [0.15, 0.2) is 127 Å². The van der Waals surface area contributed by atoms with Crippen LogP contribution in [0.3, 0.4) is 0 Å². The molecular formula is C35H28N6O10S2. The van der Waals surface area contributed by atoms with Crippen molar-refractivity contribution in [2.45, 2.75) is 16.7 Å². The van der Waals surface area contributed by atoms with Crippen LogP contribution < -0.4 is 15.4 Å². The lowest BCUT2D eigenvalue weighted by Gasteiger charge is -2.13. The van der Waals surface area contributed by atoms with Crippen molar-refractivity contribution >= 4 is 81.9 Å². The molecule has 0 spiro atoms. The molecule has 0 radical (unpaired) electrons. The van der Waals surface area contributed by atoms with Crippen LogP contribution in [0.4, 0.5) is 38.9 Å². The summed E-state index contributed by atoms with van der Waals surface area (Å²) in [5.74, 6) is -0.614. The highest BCUT2D eigenvalue weighted by molar-refractivity contribution is 7.86. The van der Waals surface area contributed by atoms with E-state index in [0.717, 1.165) is 17.7 Å². The second kappa shape index (κ2) is 14.3. The summed E-state index contributed by atoms with van der Waals surface area (Å²) in [7, 11) is -8.31. The van der Waals surface area contributed by atoms with Crippen molar-refractivity contribution in [2.75, 3.05) is 17.7 Å². The number of aromatic hydroxyl groups is 2. The summed E-state index contributed by atoms with van der Waals surface area (Å²) < 4.78 is 74.1. The number of nitrogens with zero attached hydrogens (tertiary/aromatic N) is 4. The first-order chi connectivity index (χ1) is 25.1. The number of benzene rings is 6. The Bertz CT molecular complexity index is 2700. The number of azo groups is 2. The minimum Gasteiger partial charge on any atom is -0.505 e. The number of aryl methyl sites for hydroxylation is 1. The van der Waals surface area contributed by atoms with Crippen molar-refractivity contribution in [1.82, 2.24) is 0 Å². The molecule has 0 heterocycles. The summed E-state index contributed by atoms with van der Waals surface area (Å²) in [6.45, 7) is 1.87. The molecule has 6 N–H and O–H groups in total. The lowest BCUT2D eigenvalue weighted by molar-refractivity contribution is 0.262. The lowest BCUT2D eigenvalue weighted by atomic mass is 10.1. The molecule has 16 nitrogen and oxygen atoms in total. The highest BCUT2D eigenvalue weighted by Crippen LogP contribution is 2.43. The van der Waals surface area contributed by atoms with E-state index in [9.17, 15) is 40.9 Å². The second-order valence-corrected chi connectivity index (χ2v) is 14.3. The molecule has 0 aliphatic carbocycles. The van der Waals surface area contributed by atoms with Gasteiger partial charge < -0.3 is 25.6 Å². The van der Waals surface area contributed by atoms with Crippen LogP contribution in [0, 0.1) is 6.92 Å². The Morgan fingerprint density at radius 1 is 0.604 bits per heavy atom. The number of amides is 2. The minimum absolute atomic E-state index is 0.116. The van der Waals surface area contributed by atoms with Crippen LogP contribution in [0.1, 0.15) is 5.56 Å². The van der Waals surface area contributed by atoms with Crippen molar-refractivity contribution in [3.05, 3.63) is 103 Å². The molecule has 0 unspecified atom stereocenters. The summed E-state index contributed by atoms with van der Waals surface area (Å²) in [4.78, 5) is 11.5. The molecule has 270 valence electrons. The first-order valence-corrected chi connectivity index (χ1v) is 18.2. The van der Waals surface area contributed by atoms with Crippen LogP contribution >= 0.6 is 0 Å². The molecule has 6 aromatic rings. The Kier molecular flexibility index (Phi) is 9.78. The van der Waals surface area contributed by atoms with E-state index < -0.39 is 58.9 Å². The summed E-state index contributed by atoms with van der Waals surface area (Å²) in [5, 5.41) is 43.3. The van der Waals surface area contributed by atoms with Crippen LogP contribution in [0.2, 0.25) is 0 Å².